The standard InChI is InChI=1S/C22H22N/c1-14-5-3-4-6-19(14)21-8-7-16-12-18-11-15-9-17(10-15)20(18)13-22(16)23(21)2/h3-8,12-13,15,17H,9-11H2,1-2H3/q+1. The third kappa shape index (κ3) is 1.89. The monoisotopic (exact) mass is 300 g/mol. The summed E-state index contributed by atoms with van der Waals surface area (Å²) in [6.07, 6.45) is 4.13. The van der Waals surface area contributed by atoms with Gasteiger partial charge in [0.2, 0.25) is 11.2 Å². The Balaban J connectivity index is 1.75. The summed E-state index contributed by atoms with van der Waals surface area (Å²) in [7, 11) is 2.21. The molecule has 0 atom stereocenters. The lowest BCUT2D eigenvalue weighted by molar-refractivity contribution is -0.633. The smallest absolute Gasteiger partial charge is 0.194 e. The minimum Gasteiger partial charge on any atom is -0.194 e. The minimum atomic E-state index is 0.829. The molecule has 0 spiro atoms. The summed E-state index contributed by atoms with van der Waals surface area (Å²) in [6.45, 7) is 2.20. The zero-order valence-corrected chi connectivity index (χ0v) is 13.8. The van der Waals surface area contributed by atoms with Gasteiger partial charge in [-0.25, -0.2) is 0 Å². The number of aromatic nitrogens is 1. The van der Waals surface area contributed by atoms with Crippen LogP contribution in [0.4, 0.5) is 0 Å². The van der Waals surface area contributed by atoms with Gasteiger partial charge in [0.25, 0.3) is 0 Å². The van der Waals surface area contributed by atoms with Crippen molar-refractivity contribution in [2.45, 2.75) is 32.1 Å². The average Bonchev–Trinajstić information content (AvgIpc) is 2.53. The SMILES string of the molecule is Cc1ccccc1-c1ccc2cc3c(cc2[n+]1C)C1CC(C3)C1. The molecule has 114 valence electrons. The van der Waals surface area contributed by atoms with Crippen LogP contribution in [0.15, 0.2) is 48.5 Å². The molecule has 1 aromatic heterocycles. The molecule has 6 rings (SSSR count). The summed E-state index contributed by atoms with van der Waals surface area (Å²) in [4.78, 5) is 0. The summed E-state index contributed by atoms with van der Waals surface area (Å²) in [5.41, 5.74) is 8.57. The van der Waals surface area contributed by atoms with Crippen LogP contribution in [0.2, 0.25) is 0 Å². The van der Waals surface area contributed by atoms with Crippen molar-refractivity contribution in [3.05, 3.63) is 65.2 Å². The van der Waals surface area contributed by atoms with Crippen molar-refractivity contribution in [3.8, 4) is 11.3 Å². The second-order valence-electron chi connectivity index (χ2n) is 7.44. The third-order valence-corrected chi connectivity index (χ3v) is 6.04. The van der Waals surface area contributed by atoms with Crippen molar-refractivity contribution < 1.29 is 4.57 Å². The van der Waals surface area contributed by atoms with Crippen molar-refractivity contribution in [2.24, 2.45) is 13.0 Å². The van der Waals surface area contributed by atoms with Crippen LogP contribution in [0.5, 0.6) is 0 Å². The van der Waals surface area contributed by atoms with Gasteiger partial charge in [-0.15, -0.1) is 0 Å². The Hall–Kier alpha value is -2.15. The molecule has 3 aromatic rings. The second-order valence-corrected chi connectivity index (χ2v) is 7.44. The van der Waals surface area contributed by atoms with Gasteiger partial charge in [0.05, 0.1) is 0 Å². The number of pyridine rings is 1. The zero-order chi connectivity index (χ0) is 15.6. The maximum atomic E-state index is 2.48. The van der Waals surface area contributed by atoms with Crippen LogP contribution in [0.3, 0.4) is 0 Å². The molecule has 0 aliphatic heterocycles. The van der Waals surface area contributed by atoms with Crippen LogP contribution in [0.1, 0.15) is 35.4 Å². The maximum absolute atomic E-state index is 2.48. The number of nitrogens with zero attached hydrogens (tertiary/aromatic N) is 1. The van der Waals surface area contributed by atoms with Crippen molar-refractivity contribution in [2.75, 3.05) is 0 Å². The number of benzene rings is 2. The van der Waals surface area contributed by atoms with Crippen LogP contribution in [-0.4, -0.2) is 0 Å². The number of rotatable bonds is 1. The van der Waals surface area contributed by atoms with E-state index in [0.29, 0.717) is 0 Å². The van der Waals surface area contributed by atoms with E-state index in [0.717, 1.165) is 11.8 Å². The van der Waals surface area contributed by atoms with E-state index >= 15 is 0 Å². The highest BCUT2D eigenvalue weighted by Crippen LogP contribution is 2.50. The minimum absolute atomic E-state index is 0.829. The van der Waals surface area contributed by atoms with E-state index in [4.69, 9.17) is 0 Å². The highest BCUT2D eigenvalue weighted by molar-refractivity contribution is 5.80. The highest BCUT2D eigenvalue weighted by Gasteiger charge is 2.37. The Morgan fingerprint density at radius 2 is 1.83 bits per heavy atom. The maximum Gasteiger partial charge on any atom is 0.213 e. The van der Waals surface area contributed by atoms with E-state index in [1.807, 2.05) is 0 Å². The second kappa shape index (κ2) is 4.67. The van der Waals surface area contributed by atoms with Crippen molar-refractivity contribution in [1.82, 2.24) is 0 Å². The fourth-order valence-corrected chi connectivity index (χ4v) is 4.66. The molecule has 2 bridgehead atoms. The Labute approximate surface area is 137 Å². The van der Waals surface area contributed by atoms with Crippen LogP contribution < -0.4 is 4.57 Å². The highest BCUT2D eigenvalue weighted by atomic mass is 14.9. The molecule has 1 saturated carbocycles. The largest absolute Gasteiger partial charge is 0.213 e. The molecule has 1 nitrogen and oxygen atoms in total. The molecule has 1 heteroatoms. The fourth-order valence-electron chi connectivity index (χ4n) is 4.66. The summed E-state index contributed by atoms with van der Waals surface area (Å²) in [5.74, 6) is 1.79. The number of fused-ring (bicyclic) bond motifs is 1. The van der Waals surface area contributed by atoms with E-state index in [1.165, 1.54) is 47.0 Å². The van der Waals surface area contributed by atoms with E-state index in [9.17, 15) is 0 Å². The third-order valence-electron chi connectivity index (χ3n) is 6.04. The number of hydrogen-bond acceptors (Lipinski definition) is 0. The van der Waals surface area contributed by atoms with Crippen LogP contribution in [0, 0.1) is 12.8 Å². The van der Waals surface area contributed by atoms with Gasteiger partial charge in [-0.1, -0.05) is 18.2 Å². The van der Waals surface area contributed by atoms with E-state index in [2.05, 4.69) is 67.1 Å². The normalized spacial score (nSPS) is 21.8. The van der Waals surface area contributed by atoms with Gasteiger partial charge in [-0.2, -0.15) is 4.57 Å². The van der Waals surface area contributed by atoms with Gasteiger partial charge < -0.3 is 0 Å². The molecule has 3 aliphatic carbocycles. The van der Waals surface area contributed by atoms with Crippen LogP contribution in [-0.2, 0) is 13.5 Å². The Kier molecular flexibility index (Phi) is 2.70. The lowest BCUT2D eigenvalue weighted by Crippen LogP contribution is -2.34. The Morgan fingerprint density at radius 1 is 1.00 bits per heavy atom. The van der Waals surface area contributed by atoms with Crippen LogP contribution in [0.25, 0.3) is 22.2 Å². The van der Waals surface area contributed by atoms with Gasteiger partial charge >= 0.3 is 0 Å². The molecule has 23 heavy (non-hydrogen) atoms. The number of aryl methyl sites for hydroxylation is 2. The molecule has 0 unspecified atom stereocenters. The predicted octanol–water partition coefficient (Wildman–Crippen LogP) is 4.69. The first kappa shape index (κ1) is 13.3. The van der Waals surface area contributed by atoms with E-state index < -0.39 is 0 Å². The van der Waals surface area contributed by atoms with Gasteiger partial charge in [0, 0.05) is 23.1 Å². The Morgan fingerprint density at radius 3 is 2.65 bits per heavy atom. The lowest BCUT2D eigenvalue weighted by atomic mass is 9.62. The molecule has 0 radical (unpaired) electrons. The average molecular weight is 300 g/mol. The molecule has 1 heterocycles. The molecule has 0 N–H and O–H groups in total. The van der Waals surface area contributed by atoms with Crippen molar-refractivity contribution in [1.29, 1.82) is 0 Å². The zero-order valence-electron chi connectivity index (χ0n) is 13.8. The first-order chi connectivity index (χ1) is 11.2. The molecule has 2 aromatic carbocycles. The molecule has 0 saturated heterocycles. The topological polar surface area (TPSA) is 3.88 Å². The van der Waals surface area contributed by atoms with Gasteiger partial charge in [0.15, 0.2) is 0 Å². The molecular formula is C22H22N+. The van der Waals surface area contributed by atoms with Gasteiger partial charge in [-0.05, 0) is 72.9 Å². The predicted molar refractivity (Wildman–Crippen MR) is 94.5 cm³/mol. The summed E-state index contributed by atoms with van der Waals surface area (Å²) in [5, 5.41) is 1.38. The fraction of sp³-hybridized carbons (Fsp3) is 0.318. The van der Waals surface area contributed by atoms with E-state index in [-0.39, 0.29) is 0 Å². The molecule has 0 amide bonds. The molecule has 1 fully saturated rings. The molecular weight excluding hydrogens is 278 g/mol. The first-order valence-corrected chi connectivity index (χ1v) is 8.72. The molecule has 3 aliphatic rings. The quantitative estimate of drug-likeness (QED) is 0.574. The van der Waals surface area contributed by atoms with Gasteiger partial charge in [0.1, 0.15) is 7.05 Å². The van der Waals surface area contributed by atoms with Crippen molar-refractivity contribution in [3.63, 3.8) is 0 Å². The Bertz CT molecular complexity index is 932. The van der Waals surface area contributed by atoms with Gasteiger partial charge in [-0.3, -0.25) is 0 Å². The number of hydrogen-bond donors (Lipinski definition) is 0. The summed E-state index contributed by atoms with van der Waals surface area (Å²) < 4.78 is 2.38. The van der Waals surface area contributed by atoms with E-state index in [1.54, 1.807) is 11.1 Å². The summed E-state index contributed by atoms with van der Waals surface area (Å²) in [6, 6.07) is 18.2. The summed E-state index contributed by atoms with van der Waals surface area (Å²) >= 11 is 0. The van der Waals surface area contributed by atoms with Crippen LogP contribution >= 0.6 is 0 Å². The lowest BCUT2D eigenvalue weighted by Gasteiger charge is -2.42. The first-order valence-electron chi connectivity index (χ1n) is 8.72. The van der Waals surface area contributed by atoms with Crippen molar-refractivity contribution >= 4 is 10.9 Å².